The van der Waals surface area contributed by atoms with Gasteiger partial charge in [0.05, 0.1) is 11.3 Å². The van der Waals surface area contributed by atoms with Crippen molar-refractivity contribution in [1.82, 2.24) is 4.98 Å². The molecule has 4 nitrogen and oxygen atoms in total. The average Bonchev–Trinajstić information content (AvgIpc) is 2.38. The van der Waals surface area contributed by atoms with Crippen LogP contribution in [-0.4, -0.2) is 10.9 Å². The highest BCUT2D eigenvalue weighted by Gasteiger charge is 2.08. The van der Waals surface area contributed by atoms with E-state index in [0.29, 0.717) is 22.8 Å². The van der Waals surface area contributed by atoms with Crippen LogP contribution >= 0.6 is 27.5 Å². The minimum Gasteiger partial charge on any atom is -0.380 e. The molecular weight excluding hydrogens is 330 g/mol. The van der Waals surface area contributed by atoms with Crippen molar-refractivity contribution in [2.24, 2.45) is 5.73 Å². The monoisotopic (exact) mass is 339 g/mol. The van der Waals surface area contributed by atoms with E-state index in [4.69, 9.17) is 17.3 Å². The fraction of sp³-hybridized carbons (Fsp3) is 0.0769. The molecule has 0 radical (unpaired) electrons. The van der Waals surface area contributed by atoms with E-state index >= 15 is 0 Å². The van der Waals surface area contributed by atoms with Gasteiger partial charge >= 0.3 is 0 Å². The molecule has 19 heavy (non-hydrogen) atoms. The topological polar surface area (TPSA) is 68.0 Å². The van der Waals surface area contributed by atoms with Gasteiger partial charge in [-0.2, -0.15) is 0 Å². The molecule has 0 aliphatic carbocycles. The molecule has 1 aromatic carbocycles. The zero-order valence-corrected chi connectivity index (χ0v) is 12.2. The molecule has 2 rings (SSSR count). The SMILES string of the molecule is NC(=O)c1cnccc1NCc1ccc(Br)cc1Cl. The van der Waals surface area contributed by atoms with Gasteiger partial charge in [-0.15, -0.1) is 0 Å². The molecule has 2 aromatic rings. The number of benzene rings is 1. The molecule has 1 aromatic heterocycles. The van der Waals surface area contributed by atoms with Crippen molar-refractivity contribution in [2.45, 2.75) is 6.54 Å². The highest BCUT2D eigenvalue weighted by molar-refractivity contribution is 9.10. The van der Waals surface area contributed by atoms with Crippen molar-refractivity contribution >= 4 is 39.1 Å². The van der Waals surface area contributed by atoms with E-state index in [0.717, 1.165) is 10.0 Å². The molecule has 0 bridgehead atoms. The minimum atomic E-state index is -0.516. The lowest BCUT2D eigenvalue weighted by Crippen LogP contribution is -2.14. The van der Waals surface area contributed by atoms with Crippen molar-refractivity contribution in [3.8, 4) is 0 Å². The first-order chi connectivity index (χ1) is 9.08. The predicted molar refractivity (Wildman–Crippen MR) is 79.2 cm³/mol. The Morgan fingerprint density at radius 1 is 1.42 bits per heavy atom. The zero-order valence-electron chi connectivity index (χ0n) is 9.86. The predicted octanol–water partition coefficient (Wildman–Crippen LogP) is 3.21. The number of rotatable bonds is 4. The van der Waals surface area contributed by atoms with Gasteiger partial charge < -0.3 is 11.1 Å². The van der Waals surface area contributed by atoms with Crippen LogP contribution in [0.1, 0.15) is 15.9 Å². The molecule has 98 valence electrons. The fourth-order valence-corrected chi connectivity index (χ4v) is 2.34. The molecule has 0 spiro atoms. The summed E-state index contributed by atoms with van der Waals surface area (Å²) in [5.74, 6) is -0.516. The number of carbonyl (C=O) groups excluding carboxylic acids is 1. The highest BCUT2D eigenvalue weighted by Crippen LogP contribution is 2.23. The van der Waals surface area contributed by atoms with E-state index in [2.05, 4.69) is 26.2 Å². The van der Waals surface area contributed by atoms with Crippen LogP contribution in [0.4, 0.5) is 5.69 Å². The maximum absolute atomic E-state index is 11.3. The van der Waals surface area contributed by atoms with Crippen LogP contribution in [-0.2, 0) is 6.54 Å². The number of nitrogens with one attached hydrogen (secondary N) is 1. The smallest absolute Gasteiger partial charge is 0.252 e. The first-order valence-corrected chi connectivity index (χ1v) is 6.66. The summed E-state index contributed by atoms with van der Waals surface area (Å²) in [4.78, 5) is 15.1. The third kappa shape index (κ3) is 3.45. The number of pyridine rings is 1. The largest absolute Gasteiger partial charge is 0.380 e. The van der Waals surface area contributed by atoms with Gasteiger partial charge in [-0.05, 0) is 23.8 Å². The third-order valence-corrected chi connectivity index (χ3v) is 3.42. The molecule has 0 saturated heterocycles. The second-order valence-corrected chi connectivity index (χ2v) is 5.20. The zero-order chi connectivity index (χ0) is 13.8. The summed E-state index contributed by atoms with van der Waals surface area (Å²) in [6.45, 7) is 0.496. The highest BCUT2D eigenvalue weighted by atomic mass is 79.9. The van der Waals surface area contributed by atoms with Crippen LogP contribution in [0.15, 0.2) is 41.1 Å². The molecular formula is C13H11BrClN3O. The lowest BCUT2D eigenvalue weighted by atomic mass is 10.2. The number of halogens is 2. The van der Waals surface area contributed by atoms with Crippen LogP contribution in [0.3, 0.4) is 0 Å². The third-order valence-electron chi connectivity index (χ3n) is 2.57. The van der Waals surface area contributed by atoms with E-state index in [9.17, 15) is 4.79 Å². The Hall–Kier alpha value is -1.59. The first-order valence-electron chi connectivity index (χ1n) is 5.49. The molecule has 1 amide bonds. The number of primary amides is 1. The fourth-order valence-electron chi connectivity index (χ4n) is 1.60. The van der Waals surface area contributed by atoms with Gasteiger partial charge in [-0.25, -0.2) is 0 Å². The van der Waals surface area contributed by atoms with E-state index in [1.165, 1.54) is 6.20 Å². The van der Waals surface area contributed by atoms with Crippen LogP contribution in [0, 0.1) is 0 Å². The van der Waals surface area contributed by atoms with Crippen molar-refractivity contribution < 1.29 is 4.79 Å². The van der Waals surface area contributed by atoms with Gasteiger partial charge in [0.2, 0.25) is 0 Å². The number of nitrogens with two attached hydrogens (primary N) is 1. The second-order valence-electron chi connectivity index (χ2n) is 3.87. The number of aromatic nitrogens is 1. The average molecular weight is 341 g/mol. The van der Waals surface area contributed by atoms with E-state index in [1.807, 2.05) is 18.2 Å². The summed E-state index contributed by atoms with van der Waals surface area (Å²) in [7, 11) is 0. The molecule has 0 saturated carbocycles. The van der Waals surface area contributed by atoms with Gasteiger partial charge in [0.1, 0.15) is 0 Å². The van der Waals surface area contributed by atoms with Crippen LogP contribution < -0.4 is 11.1 Å². The van der Waals surface area contributed by atoms with E-state index in [-0.39, 0.29) is 0 Å². The van der Waals surface area contributed by atoms with Gasteiger partial charge in [0.25, 0.3) is 5.91 Å². The van der Waals surface area contributed by atoms with Crippen molar-refractivity contribution in [2.75, 3.05) is 5.32 Å². The second kappa shape index (κ2) is 6.04. The quantitative estimate of drug-likeness (QED) is 0.898. The van der Waals surface area contributed by atoms with E-state index < -0.39 is 5.91 Å². The number of anilines is 1. The maximum atomic E-state index is 11.3. The van der Waals surface area contributed by atoms with Crippen LogP contribution in [0.5, 0.6) is 0 Å². The summed E-state index contributed by atoms with van der Waals surface area (Å²) < 4.78 is 0.919. The molecule has 0 aliphatic rings. The van der Waals surface area contributed by atoms with Crippen molar-refractivity contribution in [3.05, 3.63) is 57.3 Å². The molecule has 3 N–H and O–H groups in total. The summed E-state index contributed by atoms with van der Waals surface area (Å²) in [5, 5.41) is 3.78. The van der Waals surface area contributed by atoms with Gasteiger partial charge in [-0.1, -0.05) is 33.6 Å². The normalized spacial score (nSPS) is 10.2. The maximum Gasteiger partial charge on any atom is 0.252 e. The summed E-state index contributed by atoms with van der Waals surface area (Å²) in [6.07, 6.45) is 3.03. The lowest BCUT2D eigenvalue weighted by molar-refractivity contribution is 0.100. The molecule has 0 unspecified atom stereocenters. The summed E-state index contributed by atoms with van der Waals surface area (Å²) >= 11 is 9.47. The van der Waals surface area contributed by atoms with Crippen LogP contribution in [0.25, 0.3) is 0 Å². The standard InChI is InChI=1S/C13H11BrClN3O/c14-9-2-1-8(11(15)5-9)6-18-12-3-4-17-7-10(12)13(16)19/h1-5,7H,6H2,(H2,16,19)(H,17,18). The Kier molecular flexibility index (Phi) is 4.39. The lowest BCUT2D eigenvalue weighted by Gasteiger charge is -2.10. The Bertz CT molecular complexity index is 619. The van der Waals surface area contributed by atoms with E-state index in [1.54, 1.807) is 12.3 Å². The first kappa shape index (κ1) is 13.8. The van der Waals surface area contributed by atoms with Crippen molar-refractivity contribution in [1.29, 1.82) is 0 Å². The van der Waals surface area contributed by atoms with Gasteiger partial charge in [0, 0.05) is 28.4 Å². The molecule has 6 heteroatoms. The van der Waals surface area contributed by atoms with Crippen LogP contribution in [0.2, 0.25) is 5.02 Å². The molecule has 1 heterocycles. The Labute approximate surface area is 124 Å². The van der Waals surface area contributed by atoms with Crippen molar-refractivity contribution in [3.63, 3.8) is 0 Å². The molecule has 0 atom stereocenters. The Morgan fingerprint density at radius 2 is 2.21 bits per heavy atom. The number of hydrogen-bond acceptors (Lipinski definition) is 3. The number of nitrogens with zero attached hydrogens (tertiary/aromatic N) is 1. The summed E-state index contributed by atoms with van der Waals surface area (Å²) in [6, 6.07) is 7.34. The molecule has 0 aliphatic heterocycles. The Morgan fingerprint density at radius 3 is 2.89 bits per heavy atom. The summed E-state index contributed by atoms with van der Waals surface area (Å²) in [5.41, 5.74) is 7.21. The Balaban J connectivity index is 2.17. The number of amides is 1. The van der Waals surface area contributed by atoms with Gasteiger partial charge in [-0.3, -0.25) is 9.78 Å². The minimum absolute atomic E-state index is 0.357. The number of hydrogen-bond donors (Lipinski definition) is 2. The molecule has 0 fully saturated rings. The van der Waals surface area contributed by atoms with Gasteiger partial charge in [0.15, 0.2) is 0 Å². The number of carbonyl (C=O) groups is 1.